The summed E-state index contributed by atoms with van der Waals surface area (Å²) in [6, 6.07) is 9.72. The van der Waals surface area contributed by atoms with Crippen molar-refractivity contribution in [3.05, 3.63) is 30.1 Å². The Morgan fingerprint density at radius 1 is 1.24 bits per heavy atom. The van der Waals surface area contributed by atoms with Gasteiger partial charge in [0.1, 0.15) is 0 Å². The zero-order valence-electron chi connectivity index (χ0n) is 12.2. The van der Waals surface area contributed by atoms with Crippen LogP contribution in [0.15, 0.2) is 24.3 Å². The van der Waals surface area contributed by atoms with Gasteiger partial charge in [-0.05, 0) is 54.8 Å². The maximum absolute atomic E-state index is 4.02. The number of anilines is 1. The van der Waals surface area contributed by atoms with E-state index in [2.05, 4.69) is 37.9 Å². The van der Waals surface area contributed by atoms with Gasteiger partial charge in [0.25, 0.3) is 0 Å². The van der Waals surface area contributed by atoms with Gasteiger partial charge in [0.15, 0.2) is 5.82 Å². The van der Waals surface area contributed by atoms with Crippen LogP contribution in [0.1, 0.15) is 25.1 Å². The lowest BCUT2D eigenvalue weighted by Gasteiger charge is -2.17. The molecule has 1 aromatic heterocycles. The van der Waals surface area contributed by atoms with Gasteiger partial charge in [-0.3, -0.25) is 4.90 Å². The molecule has 2 fully saturated rings. The lowest BCUT2D eigenvalue weighted by atomic mass is 10.2. The van der Waals surface area contributed by atoms with E-state index in [9.17, 15) is 0 Å². The van der Waals surface area contributed by atoms with Gasteiger partial charge in [-0.25, -0.2) is 0 Å². The minimum atomic E-state index is 0.552. The van der Waals surface area contributed by atoms with E-state index in [4.69, 9.17) is 0 Å². The van der Waals surface area contributed by atoms with Crippen LogP contribution >= 0.6 is 0 Å². The van der Waals surface area contributed by atoms with Gasteiger partial charge >= 0.3 is 0 Å². The molecule has 0 radical (unpaired) electrons. The highest BCUT2D eigenvalue weighted by Gasteiger charge is 2.34. The van der Waals surface area contributed by atoms with Crippen molar-refractivity contribution >= 4 is 5.69 Å². The van der Waals surface area contributed by atoms with Gasteiger partial charge in [-0.15, -0.1) is 5.10 Å². The summed E-state index contributed by atoms with van der Waals surface area (Å²) < 4.78 is 1.76. The summed E-state index contributed by atoms with van der Waals surface area (Å²) in [7, 11) is 0. The number of hydrogen-bond acceptors (Lipinski definition) is 5. The number of aryl methyl sites for hydroxylation is 1. The Morgan fingerprint density at radius 2 is 2.14 bits per heavy atom. The Hall–Kier alpha value is -1.95. The first-order chi connectivity index (χ1) is 10.3. The van der Waals surface area contributed by atoms with Gasteiger partial charge in [-0.2, -0.15) is 4.68 Å². The Bertz CT molecular complexity index is 633. The van der Waals surface area contributed by atoms with Crippen molar-refractivity contribution in [1.29, 1.82) is 0 Å². The number of rotatable bonds is 4. The van der Waals surface area contributed by atoms with Crippen LogP contribution in [0.2, 0.25) is 0 Å². The number of tetrazole rings is 1. The molecule has 2 aliphatic rings. The van der Waals surface area contributed by atoms with Gasteiger partial charge in [0.2, 0.25) is 0 Å². The molecule has 1 unspecified atom stereocenters. The molecule has 1 saturated carbocycles. The predicted octanol–water partition coefficient (Wildman–Crippen LogP) is 1.62. The van der Waals surface area contributed by atoms with E-state index in [0.29, 0.717) is 6.04 Å². The number of likely N-dealkylation sites (tertiary alicyclic amines) is 1. The van der Waals surface area contributed by atoms with Crippen molar-refractivity contribution in [2.45, 2.75) is 38.3 Å². The van der Waals surface area contributed by atoms with Gasteiger partial charge in [0, 0.05) is 30.9 Å². The molecule has 6 nitrogen and oxygen atoms in total. The summed E-state index contributed by atoms with van der Waals surface area (Å²) >= 11 is 0. The Labute approximate surface area is 124 Å². The molecule has 21 heavy (non-hydrogen) atoms. The summed E-state index contributed by atoms with van der Waals surface area (Å²) in [5, 5.41) is 15.3. The molecule has 1 aliphatic heterocycles. The van der Waals surface area contributed by atoms with Gasteiger partial charge < -0.3 is 5.32 Å². The Morgan fingerprint density at radius 3 is 2.90 bits per heavy atom. The molecule has 1 aromatic carbocycles. The first-order valence-electron chi connectivity index (χ1n) is 7.65. The van der Waals surface area contributed by atoms with E-state index in [-0.39, 0.29) is 0 Å². The van der Waals surface area contributed by atoms with Crippen LogP contribution in [0.3, 0.4) is 0 Å². The monoisotopic (exact) mass is 284 g/mol. The summed E-state index contributed by atoms with van der Waals surface area (Å²) in [6.07, 6.45) is 4.01. The van der Waals surface area contributed by atoms with Crippen LogP contribution in [-0.2, 0) is 0 Å². The fourth-order valence-electron chi connectivity index (χ4n) is 3.11. The van der Waals surface area contributed by atoms with Crippen LogP contribution in [-0.4, -0.2) is 50.3 Å². The zero-order valence-corrected chi connectivity index (χ0v) is 12.2. The predicted molar refractivity (Wildman–Crippen MR) is 80.5 cm³/mol. The number of benzene rings is 1. The zero-order chi connectivity index (χ0) is 14.2. The van der Waals surface area contributed by atoms with Crippen molar-refractivity contribution in [3.8, 4) is 5.69 Å². The van der Waals surface area contributed by atoms with Crippen LogP contribution in [0, 0.1) is 6.92 Å². The molecule has 1 atom stereocenters. The largest absolute Gasteiger partial charge is 0.381 e. The fraction of sp³-hybridized carbons (Fsp3) is 0.533. The topological polar surface area (TPSA) is 58.9 Å². The highest BCUT2D eigenvalue weighted by atomic mass is 15.5. The summed E-state index contributed by atoms with van der Waals surface area (Å²) in [5.41, 5.74) is 2.14. The quantitative estimate of drug-likeness (QED) is 0.924. The Balaban J connectivity index is 1.47. The summed E-state index contributed by atoms with van der Waals surface area (Å²) in [5.74, 6) is 0.799. The second-order valence-corrected chi connectivity index (χ2v) is 6.04. The number of nitrogens with one attached hydrogen (secondary N) is 1. The SMILES string of the molecule is Cc1nnnn1-c1cccc(NC2CCN(C3CC3)C2)c1. The molecule has 4 rings (SSSR count). The third kappa shape index (κ3) is 2.63. The number of nitrogens with zero attached hydrogens (tertiary/aromatic N) is 5. The average molecular weight is 284 g/mol. The molecular formula is C15H20N6. The van der Waals surface area contributed by atoms with Crippen LogP contribution < -0.4 is 5.32 Å². The molecule has 0 bridgehead atoms. The van der Waals surface area contributed by atoms with E-state index in [1.54, 1.807) is 4.68 Å². The van der Waals surface area contributed by atoms with Gasteiger partial charge in [-0.1, -0.05) is 6.07 Å². The van der Waals surface area contributed by atoms with E-state index >= 15 is 0 Å². The average Bonchev–Trinajstić information content (AvgIpc) is 3.09. The minimum absolute atomic E-state index is 0.552. The van der Waals surface area contributed by atoms with E-state index in [1.807, 2.05) is 19.1 Å². The van der Waals surface area contributed by atoms with E-state index in [1.165, 1.54) is 32.4 Å². The Kier molecular flexibility index (Phi) is 3.11. The molecule has 6 heteroatoms. The standard InChI is InChI=1S/C15H20N6/c1-11-17-18-19-21(11)15-4-2-3-12(9-15)16-13-7-8-20(10-13)14-5-6-14/h2-4,9,13-14,16H,5-8,10H2,1H3. The maximum atomic E-state index is 4.02. The highest BCUT2D eigenvalue weighted by Crippen LogP contribution is 2.30. The number of hydrogen-bond donors (Lipinski definition) is 1. The highest BCUT2D eigenvalue weighted by molar-refractivity contribution is 5.51. The third-order valence-electron chi connectivity index (χ3n) is 4.37. The first kappa shape index (κ1) is 12.8. The molecule has 1 saturated heterocycles. The van der Waals surface area contributed by atoms with Crippen molar-refractivity contribution in [2.24, 2.45) is 0 Å². The first-order valence-corrected chi connectivity index (χ1v) is 7.65. The van der Waals surface area contributed by atoms with Crippen LogP contribution in [0.25, 0.3) is 5.69 Å². The van der Waals surface area contributed by atoms with Crippen molar-refractivity contribution < 1.29 is 0 Å². The smallest absolute Gasteiger partial charge is 0.153 e. The normalized spacial score (nSPS) is 22.6. The number of aromatic nitrogens is 4. The molecule has 0 amide bonds. The summed E-state index contributed by atoms with van der Waals surface area (Å²) in [4.78, 5) is 2.62. The maximum Gasteiger partial charge on any atom is 0.153 e. The lowest BCUT2D eigenvalue weighted by molar-refractivity contribution is 0.326. The van der Waals surface area contributed by atoms with Crippen molar-refractivity contribution in [1.82, 2.24) is 25.1 Å². The second-order valence-electron chi connectivity index (χ2n) is 6.04. The molecule has 0 spiro atoms. The molecule has 110 valence electrons. The van der Waals surface area contributed by atoms with Crippen LogP contribution in [0.4, 0.5) is 5.69 Å². The molecule has 2 heterocycles. The third-order valence-corrected chi connectivity index (χ3v) is 4.37. The fourth-order valence-corrected chi connectivity index (χ4v) is 3.11. The van der Waals surface area contributed by atoms with Crippen molar-refractivity contribution in [3.63, 3.8) is 0 Å². The lowest BCUT2D eigenvalue weighted by Crippen LogP contribution is -2.27. The van der Waals surface area contributed by atoms with Crippen molar-refractivity contribution in [2.75, 3.05) is 18.4 Å². The molecule has 2 aromatic rings. The van der Waals surface area contributed by atoms with Gasteiger partial charge in [0.05, 0.1) is 5.69 Å². The van der Waals surface area contributed by atoms with E-state index in [0.717, 1.165) is 23.2 Å². The summed E-state index contributed by atoms with van der Waals surface area (Å²) in [6.45, 7) is 4.30. The second kappa shape index (κ2) is 5.11. The minimum Gasteiger partial charge on any atom is -0.381 e. The van der Waals surface area contributed by atoms with E-state index < -0.39 is 0 Å². The molecule has 1 N–H and O–H groups in total. The van der Waals surface area contributed by atoms with Crippen LogP contribution in [0.5, 0.6) is 0 Å². The molecular weight excluding hydrogens is 264 g/mol. The molecule has 1 aliphatic carbocycles.